The summed E-state index contributed by atoms with van der Waals surface area (Å²) < 4.78 is 0. The van der Waals surface area contributed by atoms with Crippen molar-refractivity contribution in [2.45, 2.75) is 6.92 Å². The molecule has 0 fully saturated rings. The van der Waals surface area contributed by atoms with E-state index in [0.29, 0.717) is 22.0 Å². The third-order valence-electron chi connectivity index (χ3n) is 2.83. The normalized spacial score (nSPS) is 10.2. The smallest absolute Gasteiger partial charge is 0.250 e. The van der Waals surface area contributed by atoms with Gasteiger partial charge in [-0.25, -0.2) is 0 Å². The fraction of sp³-hybridized carbons (Fsp3) is 0.0714. The van der Waals surface area contributed by atoms with Gasteiger partial charge >= 0.3 is 0 Å². The Morgan fingerprint density at radius 1 is 1.21 bits per heavy atom. The number of halogens is 1. The predicted octanol–water partition coefficient (Wildman–Crippen LogP) is 3.07. The van der Waals surface area contributed by atoms with E-state index in [1.165, 1.54) is 0 Å². The Morgan fingerprint density at radius 2 is 1.95 bits per heavy atom. The number of amides is 1. The second-order valence-corrected chi connectivity index (χ2v) is 4.65. The molecule has 98 valence electrons. The quantitative estimate of drug-likeness (QED) is 0.753. The summed E-state index contributed by atoms with van der Waals surface area (Å²) in [5.41, 5.74) is 14.3. The van der Waals surface area contributed by atoms with Crippen molar-refractivity contribution in [1.29, 1.82) is 0 Å². The number of nitrogens with two attached hydrogens (primary N) is 2. The maximum absolute atomic E-state index is 11.2. The van der Waals surface area contributed by atoms with Gasteiger partial charge in [0.2, 0.25) is 0 Å². The molecule has 1 amide bonds. The Kier molecular flexibility index (Phi) is 3.62. The van der Waals surface area contributed by atoms with Crippen molar-refractivity contribution in [3.8, 4) is 0 Å². The zero-order valence-electron chi connectivity index (χ0n) is 10.4. The van der Waals surface area contributed by atoms with Crippen LogP contribution in [0.2, 0.25) is 5.02 Å². The molecule has 0 unspecified atom stereocenters. The minimum atomic E-state index is -0.547. The lowest BCUT2D eigenvalue weighted by atomic mass is 10.1. The summed E-state index contributed by atoms with van der Waals surface area (Å²) in [5.74, 6) is -0.547. The maximum Gasteiger partial charge on any atom is 0.250 e. The Balaban J connectivity index is 2.38. The monoisotopic (exact) mass is 275 g/mol. The van der Waals surface area contributed by atoms with Crippen molar-refractivity contribution in [3.05, 3.63) is 52.5 Å². The van der Waals surface area contributed by atoms with E-state index >= 15 is 0 Å². The molecule has 0 atom stereocenters. The SMILES string of the molecule is Cc1cc(Cl)ccc1Nc1cccc(C(N)=O)c1N. The molecule has 0 spiro atoms. The molecule has 0 radical (unpaired) electrons. The van der Waals surface area contributed by atoms with Gasteiger partial charge in [0.05, 0.1) is 16.9 Å². The molecule has 0 saturated heterocycles. The van der Waals surface area contributed by atoms with Crippen LogP contribution in [0.5, 0.6) is 0 Å². The van der Waals surface area contributed by atoms with Crippen molar-refractivity contribution < 1.29 is 4.79 Å². The molecule has 0 bridgehead atoms. The number of hydrogen-bond acceptors (Lipinski definition) is 3. The molecule has 0 aliphatic rings. The first kappa shape index (κ1) is 13.2. The molecular weight excluding hydrogens is 262 g/mol. The second-order valence-electron chi connectivity index (χ2n) is 4.22. The van der Waals surface area contributed by atoms with Gasteiger partial charge in [-0.2, -0.15) is 0 Å². The van der Waals surface area contributed by atoms with Crippen molar-refractivity contribution in [1.82, 2.24) is 0 Å². The zero-order chi connectivity index (χ0) is 14.0. The summed E-state index contributed by atoms with van der Waals surface area (Å²) in [7, 11) is 0. The average molecular weight is 276 g/mol. The molecule has 0 heterocycles. The van der Waals surface area contributed by atoms with Crippen LogP contribution >= 0.6 is 11.6 Å². The highest BCUT2D eigenvalue weighted by molar-refractivity contribution is 6.30. The van der Waals surface area contributed by atoms with Gasteiger partial charge in [0.1, 0.15) is 0 Å². The van der Waals surface area contributed by atoms with Gasteiger partial charge < -0.3 is 16.8 Å². The summed E-state index contributed by atoms with van der Waals surface area (Å²) in [6.45, 7) is 1.93. The van der Waals surface area contributed by atoms with E-state index in [0.717, 1.165) is 11.3 Å². The van der Waals surface area contributed by atoms with Crippen LogP contribution in [0, 0.1) is 6.92 Å². The first-order valence-corrected chi connectivity index (χ1v) is 6.08. The first-order chi connectivity index (χ1) is 8.99. The fourth-order valence-electron chi connectivity index (χ4n) is 1.80. The summed E-state index contributed by atoms with van der Waals surface area (Å²) in [6, 6.07) is 10.6. The highest BCUT2D eigenvalue weighted by atomic mass is 35.5. The largest absolute Gasteiger partial charge is 0.396 e. The number of benzene rings is 2. The van der Waals surface area contributed by atoms with Crippen LogP contribution in [0.25, 0.3) is 0 Å². The van der Waals surface area contributed by atoms with Gasteiger partial charge in [0, 0.05) is 10.7 Å². The molecular formula is C14H14ClN3O. The lowest BCUT2D eigenvalue weighted by Gasteiger charge is -2.13. The Morgan fingerprint density at radius 3 is 2.58 bits per heavy atom. The van der Waals surface area contributed by atoms with Gasteiger partial charge in [0.15, 0.2) is 0 Å². The number of carbonyl (C=O) groups is 1. The first-order valence-electron chi connectivity index (χ1n) is 5.70. The Bertz CT molecular complexity index is 641. The molecule has 5 heteroatoms. The molecule has 4 nitrogen and oxygen atoms in total. The molecule has 5 N–H and O–H groups in total. The summed E-state index contributed by atoms with van der Waals surface area (Å²) in [6.07, 6.45) is 0. The van der Waals surface area contributed by atoms with E-state index in [1.807, 2.05) is 19.1 Å². The number of hydrogen-bond donors (Lipinski definition) is 3. The fourth-order valence-corrected chi connectivity index (χ4v) is 2.03. The van der Waals surface area contributed by atoms with Crippen molar-refractivity contribution in [2.75, 3.05) is 11.1 Å². The Hall–Kier alpha value is -2.20. The van der Waals surface area contributed by atoms with Crippen LogP contribution in [-0.4, -0.2) is 5.91 Å². The number of aryl methyl sites for hydroxylation is 1. The van der Waals surface area contributed by atoms with E-state index in [1.54, 1.807) is 24.3 Å². The van der Waals surface area contributed by atoms with Crippen LogP contribution in [0.3, 0.4) is 0 Å². The second kappa shape index (κ2) is 5.20. The van der Waals surface area contributed by atoms with Crippen LogP contribution in [0.15, 0.2) is 36.4 Å². The summed E-state index contributed by atoms with van der Waals surface area (Å²) in [4.78, 5) is 11.2. The highest BCUT2D eigenvalue weighted by Gasteiger charge is 2.10. The van der Waals surface area contributed by atoms with Crippen LogP contribution in [-0.2, 0) is 0 Å². The summed E-state index contributed by atoms with van der Waals surface area (Å²) >= 11 is 5.90. The molecule has 2 aromatic rings. The number of anilines is 3. The minimum Gasteiger partial charge on any atom is -0.396 e. The van der Waals surface area contributed by atoms with E-state index < -0.39 is 5.91 Å². The molecule has 2 aromatic carbocycles. The van der Waals surface area contributed by atoms with Gasteiger partial charge in [-0.3, -0.25) is 4.79 Å². The van der Waals surface area contributed by atoms with E-state index in [2.05, 4.69) is 5.32 Å². The molecule has 19 heavy (non-hydrogen) atoms. The topological polar surface area (TPSA) is 81.1 Å². The van der Waals surface area contributed by atoms with Crippen LogP contribution in [0.4, 0.5) is 17.1 Å². The van der Waals surface area contributed by atoms with Crippen molar-refractivity contribution in [3.63, 3.8) is 0 Å². The van der Waals surface area contributed by atoms with Crippen LogP contribution < -0.4 is 16.8 Å². The molecule has 0 saturated carbocycles. The van der Waals surface area contributed by atoms with Gasteiger partial charge in [-0.1, -0.05) is 17.7 Å². The molecule has 0 aliphatic carbocycles. The van der Waals surface area contributed by atoms with Gasteiger partial charge in [-0.05, 0) is 42.8 Å². The van der Waals surface area contributed by atoms with Crippen molar-refractivity contribution in [2.24, 2.45) is 5.73 Å². The zero-order valence-corrected chi connectivity index (χ0v) is 11.2. The Labute approximate surface area is 116 Å². The lowest BCUT2D eigenvalue weighted by Crippen LogP contribution is -2.14. The molecule has 2 rings (SSSR count). The lowest BCUT2D eigenvalue weighted by molar-refractivity contribution is 0.100. The number of primary amides is 1. The van der Waals surface area contributed by atoms with E-state index in [9.17, 15) is 4.79 Å². The van der Waals surface area contributed by atoms with Crippen molar-refractivity contribution >= 4 is 34.6 Å². The van der Waals surface area contributed by atoms with Crippen LogP contribution in [0.1, 0.15) is 15.9 Å². The predicted molar refractivity (Wildman–Crippen MR) is 78.8 cm³/mol. The van der Waals surface area contributed by atoms with E-state index in [-0.39, 0.29) is 0 Å². The maximum atomic E-state index is 11.2. The number of carbonyl (C=O) groups excluding carboxylic acids is 1. The number of para-hydroxylation sites is 1. The number of rotatable bonds is 3. The number of nitrogen functional groups attached to an aromatic ring is 1. The average Bonchev–Trinajstić information content (AvgIpc) is 2.34. The van der Waals surface area contributed by atoms with Gasteiger partial charge in [0.25, 0.3) is 5.91 Å². The van der Waals surface area contributed by atoms with E-state index in [4.69, 9.17) is 23.1 Å². The summed E-state index contributed by atoms with van der Waals surface area (Å²) in [5, 5.41) is 3.84. The third-order valence-corrected chi connectivity index (χ3v) is 3.06. The van der Waals surface area contributed by atoms with Gasteiger partial charge in [-0.15, -0.1) is 0 Å². The molecule has 0 aliphatic heterocycles. The third kappa shape index (κ3) is 2.80. The minimum absolute atomic E-state index is 0.302. The highest BCUT2D eigenvalue weighted by Crippen LogP contribution is 2.28. The standard InChI is InChI=1S/C14H14ClN3O/c1-8-7-9(15)5-6-11(8)18-12-4-2-3-10(13(12)16)14(17)19/h2-7,18H,16H2,1H3,(H2,17,19). The molecule has 0 aromatic heterocycles. The number of nitrogens with one attached hydrogen (secondary N) is 1.